The highest BCUT2D eigenvalue weighted by molar-refractivity contribution is 6.01. The minimum atomic E-state index is -0.366. The Morgan fingerprint density at radius 3 is 2.56 bits per heavy atom. The number of ether oxygens (including phenoxy) is 1. The molecule has 9 heteroatoms. The summed E-state index contributed by atoms with van der Waals surface area (Å²) >= 11 is 0. The number of carbonyl (C=O) groups excluding carboxylic acids is 2. The average Bonchev–Trinajstić information content (AvgIpc) is 3.73. The Morgan fingerprint density at radius 2 is 1.72 bits per heavy atom. The number of nitrogens with zero attached hydrogens (tertiary/aromatic N) is 3. The highest BCUT2D eigenvalue weighted by Gasteiger charge is 2.29. The van der Waals surface area contributed by atoms with Crippen molar-refractivity contribution in [3.8, 4) is 22.7 Å². The fourth-order valence-electron chi connectivity index (χ4n) is 4.44. The molecule has 1 fully saturated rings. The number of para-hydroxylation sites is 2. The van der Waals surface area contributed by atoms with E-state index in [1.165, 1.54) is 6.33 Å². The zero-order valence-corrected chi connectivity index (χ0v) is 21.2. The first-order chi connectivity index (χ1) is 19.1. The van der Waals surface area contributed by atoms with E-state index in [4.69, 9.17) is 4.74 Å². The van der Waals surface area contributed by atoms with Gasteiger partial charge in [0.25, 0.3) is 0 Å². The van der Waals surface area contributed by atoms with E-state index in [1.54, 1.807) is 25.3 Å². The molecule has 1 aliphatic carbocycles. The maximum absolute atomic E-state index is 12.7. The van der Waals surface area contributed by atoms with E-state index in [-0.39, 0.29) is 17.9 Å². The molecule has 0 atom stereocenters. The lowest BCUT2D eigenvalue weighted by atomic mass is 10.0. The number of urea groups is 1. The number of amides is 3. The van der Waals surface area contributed by atoms with Crippen molar-refractivity contribution in [1.29, 1.82) is 0 Å². The summed E-state index contributed by atoms with van der Waals surface area (Å²) < 4.78 is 7.28. The molecule has 39 heavy (non-hydrogen) atoms. The second-order valence-electron chi connectivity index (χ2n) is 9.34. The van der Waals surface area contributed by atoms with Gasteiger partial charge in [0.1, 0.15) is 23.7 Å². The number of methoxy groups -OCH3 is 1. The van der Waals surface area contributed by atoms with Crippen molar-refractivity contribution >= 4 is 40.0 Å². The van der Waals surface area contributed by atoms with Gasteiger partial charge in [-0.1, -0.05) is 36.4 Å². The third-order valence-corrected chi connectivity index (χ3v) is 6.60. The quantitative estimate of drug-likeness (QED) is 0.242. The molecule has 3 N–H and O–H groups in total. The Labute approximate surface area is 224 Å². The number of nitrogens with one attached hydrogen (secondary N) is 3. The first-order valence-corrected chi connectivity index (χ1v) is 12.6. The summed E-state index contributed by atoms with van der Waals surface area (Å²) in [4.78, 5) is 33.5. The van der Waals surface area contributed by atoms with Gasteiger partial charge < -0.3 is 25.3 Å². The number of fused-ring (bicyclic) bond motifs is 1. The van der Waals surface area contributed by atoms with Crippen LogP contribution in [0.5, 0.6) is 5.75 Å². The van der Waals surface area contributed by atoms with Gasteiger partial charge in [0.05, 0.1) is 18.3 Å². The molecule has 194 valence electrons. The van der Waals surface area contributed by atoms with E-state index in [9.17, 15) is 9.59 Å². The molecule has 0 spiro atoms. The summed E-state index contributed by atoms with van der Waals surface area (Å²) in [5.41, 5.74) is 4.12. The van der Waals surface area contributed by atoms with E-state index in [0.29, 0.717) is 28.8 Å². The van der Waals surface area contributed by atoms with Crippen molar-refractivity contribution in [3.05, 3.63) is 91.4 Å². The van der Waals surface area contributed by atoms with Gasteiger partial charge in [-0.05, 0) is 60.4 Å². The summed E-state index contributed by atoms with van der Waals surface area (Å²) in [7, 11) is 1.56. The van der Waals surface area contributed by atoms with Gasteiger partial charge in [-0.3, -0.25) is 4.79 Å². The van der Waals surface area contributed by atoms with E-state index < -0.39 is 0 Å². The minimum Gasteiger partial charge on any atom is -0.495 e. The first-order valence-electron chi connectivity index (χ1n) is 12.6. The molecule has 9 nitrogen and oxygen atoms in total. The number of rotatable bonds is 7. The lowest BCUT2D eigenvalue weighted by Gasteiger charge is -2.12. The largest absolute Gasteiger partial charge is 0.495 e. The van der Waals surface area contributed by atoms with Crippen LogP contribution in [0.25, 0.3) is 27.8 Å². The molecular weight excluding hydrogens is 492 g/mol. The molecule has 0 radical (unpaired) electrons. The average molecular weight is 519 g/mol. The number of aromatic nitrogens is 3. The Balaban J connectivity index is 1.24. The Kier molecular flexibility index (Phi) is 6.38. The fraction of sp³-hybridized carbons (Fsp3) is 0.133. The number of carbonyl (C=O) groups is 2. The summed E-state index contributed by atoms with van der Waals surface area (Å²) in [5, 5.41) is 9.65. The van der Waals surface area contributed by atoms with E-state index in [2.05, 4.69) is 32.0 Å². The molecule has 0 saturated heterocycles. The van der Waals surface area contributed by atoms with Crippen LogP contribution in [0.1, 0.15) is 12.8 Å². The van der Waals surface area contributed by atoms with E-state index in [0.717, 1.165) is 34.9 Å². The van der Waals surface area contributed by atoms with Gasteiger partial charge in [-0.2, -0.15) is 0 Å². The van der Waals surface area contributed by atoms with Crippen LogP contribution in [-0.4, -0.2) is 33.6 Å². The highest BCUT2D eigenvalue weighted by Crippen LogP contribution is 2.31. The molecule has 0 bridgehead atoms. The number of benzene rings is 3. The predicted octanol–water partition coefficient (Wildman–Crippen LogP) is 6.09. The van der Waals surface area contributed by atoms with Gasteiger partial charge >= 0.3 is 6.03 Å². The van der Waals surface area contributed by atoms with Gasteiger partial charge in [-0.15, -0.1) is 0 Å². The SMILES string of the molecule is COc1ccccc1NC(=O)Nc1cccc(-c2ccc3ccn(-c4cc(NC(=O)C5CC5)ncn4)c3c2)c1. The van der Waals surface area contributed by atoms with Crippen LogP contribution in [0.4, 0.5) is 22.0 Å². The van der Waals surface area contributed by atoms with Crippen molar-refractivity contribution in [3.63, 3.8) is 0 Å². The Hall–Kier alpha value is -5.18. The van der Waals surface area contributed by atoms with Crippen molar-refractivity contribution in [2.45, 2.75) is 12.8 Å². The van der Waals surface area contributed by atoms with E-state index >= 15 is 0 Å². The van der Waals surface area contributed by atoms with Crippen LogP contribution in [0, 0.1) is 5.92 Å². The molecule has 3 aromatic carbocycles. The zero-order valence-electron chi connectivity index (χ0n) is 21.2. The molecule has 2 heterocycles. The molecule has 3 amide bonds. The molecule has 0 aliphatic heterocycles. The van der Waals surface area contributed by atoms with Crippen molar-refractivity contribution in [2.75, 3.05) is 23.1 Å². The van der Waals surface area contributed by atoms with Crippen LogP contribution in [0.2, 0.25) is 0 Å². The monoisotopic (exact) mass is 518 g/mol. The topological polar surface area (TPSA) is 110 Å². The number of anilines is 3. The second kappa shape index (κ2) is 10.3. The molecule has 0 unspecified atom stereocenters. The third kappa shape index (κ3) is 5.28. The van der Waals surface area contributed by atoms with Crippen molar-refractivity contribution < 1.29 is 14.3 Å². The number of hydrogen-bond acceptors (Lipinski definition) is 5. The van der Waals surface area contributed by atoms with Crippen LogP contribution in [0.3, 0.4) is 0 Å². The van der Waals surface area contributed by atoms with Crippen LogP contribution < -0.4 is 20.7 Å². The highest BCUT2D eigenvalue weighted by atomic mass is 16.5. The lowest BCUT2D eigenvalue weighted by molar-refractivity contribution is -0.117. The summed E-state index contributed by atoms with van der Waals surface area (Å²) in [6, 6.07) is 24.5. The Morgan fingerprint density at radius 1 is 0.872 bits per heavy atom. The third-order valence-electron chi connectivity index (χ3n) is 6.60. The summed E-state index contributed by atoms with van der Waals surface area (Å²) in [5.74, 6) is 1.82. The molecule has 2 aromatic heterocycles. The molecule has 5 aromatic rings. The van der Waals surface area contributed by atoms with Crippen LogP contribution >= 0.6 is 0 Å². The van der Waals surface area contributed by atoms with Gasteiger partial charge in [0.2, 0.25) is 5.91 Å². The Bertz CT molecular complexity index is 1690. The predicted molar refractivity (Wildman–Crippen MR) is 151 cm³/mol. The minimum absolute atomic E-state index is 0.00405. The standard InChI is InChI=1S/C30H26N6O3/c1-39-26-8-3-2-7-24(26)34-30(38)33-23-6-4-5-21(15-23)22-12-9-19-13-14-36(25(19)16-22)28-17-27(31-18-32-28)35-29(37)20-10-11-20/h2-9,12-18,20H,10-11H2,1H3,(H2,33,34,38)(H,31,32,35,37). The van der Waals surface area contributed by atoms with Gasteiger partial charge in [0, 0.05) is 29.3 Å². The van der Waals surface area contributed by atoms with Crippen LogP contribution in [-0.2, 0) is 4.79 Å². The van der Waals surface area contributed by atoms with E-state index in [1.807, 2.05) is 65.4 Å². The maximum atomic E-state index is 12.7. The molecule has 6 rings (SSSR count). The fourth-order valence-corrected chi connectivity index (χ4v) is 4.44. The molecule has 1 saturated carbocycles. The van der Waals surface area contributed by atoms with Gasteiger partial charge in [-0.25, -0.2) is 14.8 Å². The molecule has 1 aliphatic rings. The van der Waals surface area contributed by atoms with Gasteiger partial charge in [0.15, 0.2) is 0 Å². The summed E-state index contributed by atoms with van der Waals surface area (Å²) in [6.07, 6.45) is 5.26. The summed E-state index contributed by atoms with van der Waals surface area (Å²) in [6.45, 7) is 0. The second-order valence-corrected chi connectivity index (χ2v) is 9.34. The van der Waals surface area contributed by atoms with Crippen LogP contribution in [0.15, 0.2) is 91.4 Å². The normalized spacial score (nSPS) is 12.6. The maximum Gasteiger partial charge on any atom is 0.323 e. The first kappa shape index (κ1) is 24.2. The van der Waals surface area contributed by atoms with Crippen molar-refractivity contribution in [1.82, 2.24) is 14.5 Å². The zero-order chi connectivity index (χ0) is 26.8. The van der Waals surface area contributed by atoms with Crippen molar-refractivity contribution in [2.24, 2.45) is 5.92 Å². The lowest BCUT2D eigenvalue weighted by Crippen LogP contribution is -2.19. The smallest absolute Gasteiger partial charge is 0.323 e. The molecular formula is C30H26N6O3. The number of hydrogen-bond donors (Lipinski definition) is 3.